The molecule has 0 radical (unpaired) electrons. The summed E-state index contributed by atoms with van der Waals surface area (Å²) in [6.45, 7) is 1.19. The summed E-state index contributed by atoms with van der Waals surface area (Å²) >= 11 is 0. The molecule has 0 spiro atoms. The number of ether oxygens (including phenoxy) is 2. The van der Waals surface area contributed by atoms with E-state index in [1.54, 1.807) is 0 Å². The van der Waals surface area contributed by atoms with E-state index < -0.39 is 45.3 Å². The lowest BCUT2D eigenvalue weighted by Crippen LogP contribution is -2.30. The second-order valence-corrected chi connectivity index (χ2v) is 7.13. The SMILES string of the molecule is COc1ccc(S(N)(=O)=O)cc1C(=O)OC(C)C(=O)Nc1cc(F)ccc1F. The van der Waals surface area contributed by atoms with Crippen LogP contribution in [-0.4, -0.2) is 33.5 Å². The molecule has 0 saturated carbocycles. The van der Waals surface area contributed by atoms with Crippen molar-refractivity contribution < 1.29 is 36.3 Å². The summed E-state index contributed by atoms with van der Waals surface area (Å²) in [6.07, 6.45) is -1.42. The molecular formula is C17H16F2N2O6S. The van der Waals surface area contributed by atoms with Crippen LogP contribution < -0.4 is 15.2 Å². The van der Waals surface area contributed by atoms with Crippen LogP contribution in [0.5, 0.6) is 5.75 Å². The number of hydrogen-bond acceptors (Lipinski definition) is 6. The third-order valence-corrected chi connectivity index (χ3v) is 4.47. The minimum Gasteiger partial charge on any atom is -0.496 e. The van der Waals surface area contributed by atoms with Crippen LogP contribution in [0.3, 0.4) is 0 Å². The van der Waals surface area contributed by atoms with E-state index in [2.05, 4.69) is 5.32 Å². The van der Waals surface area contributed by atoms with E-state index in [1.165, 1.54) is 20.1 Å². The van der Waals surface area contributed by atoms with Gasteiger partial charge in [0.15, 0.2) is 6.10 Å². The van der Waals surface area contributed by atoms with Gasteiger partial charge >= 0.3 is 5.97 Å². The predicted octanol–water partition coefficient (Wildman–Crippen LogP) is 1.80. The van der Waals surface area contributed by atoms with Crippen molar-refractivity contribution >= 4 is 27.6 Å². The summed E-state index contributed by atoms with van der Waals surface area (Å²) in [4.78, 5) is 24.1. The minimum atomic E-state index is -4.10. The van der Waals surface area contributed by atoms with Crippen molar-refractivity contribution in [2.45, 2.75) is 17.9 Å². The van der Waals surface area contributed by atoms with E-state index >= 15 is 0 Å². The van der Waals surface area contributed by atoms with Gasteiger partial charge in [0.2, 0.25) is 10.0 Å². The molecule has 0 aromatic heterocycles. The zero-order valence-electron chi connectivity index (χ0n) is 14.7. The quantitative estimate of drug-likeness (QED) is 0.695. The maximum Gasteiger partial charge on any atom is 0.342 e. The largest absolute Gasteiger partial charge is 0.496 e. The molecule has 0 aliphatic rings. The van der Waals surface area contributed by atoms with Crippen molar-refractivity contribution in [3.63, 3.8) is 0 Å². The van der Waals surface area contributed by atoms with E-state index in [9.17, 15) is 26.8 Å². The summed E-state index contributed by atoms with van der Waals surface area (Å²) < 4.78 is 59.6. The van der Waals surface area contributed by atoms with E-state index in [4.69, 9.17) is 14.6 Å². The normalized spacial score (nSPS) is 12.2. The molecule has 28 heavy (non-hydrogen) atoms. The topological polar surface area (TPSA) is 125 Å². The molecule has 8 nitrogen and oxygen atoms in total. The summed E-state index contributed by atoms with van der Waals surface area (Å²) in [5, 5.41) is 7.12. The fraction of sp³-hybridized carbons (Fsp3) is 0.176. The third kappa shape index (κ3) is 5.02. The fourth-order valence-corrected chi connectivity index (χ4v) is 2.67. The summed E-state index contributed by atoms with van der Waals surface area (Å²) in [5.41, 5.74) is -0.715. The van der Waals surface area contributed by atoms with Gasteiger partial charge in [-0.25, -0.2) is 27.1 Å². The molecule has 1 unspecified atom stereocenters. The van der Waals surface area contributed by atoms with Crippen molar-refractivity contribution in [2.24, 2.45) is 5.14 Å². The standard InChI is InChI=1S/C17H16F2N2O6S/c1-9(16(22)21-14-7-10(18)3-5-13(14)19)27-17(23)12-8-11(28(20,24)25)4-6-15(12)26-2/h3-9H,1-2H3,(H,21,22)(H2,20,24,25). The molecule has 0 aliphatic heterocycles. The van der Waals surface area contributed by atoms with E-state index in [1.807, 2.05) is 0 Å². The number of hydrogen-bond donors (Lipinski definition) is 2. The van der Waals surface area contributed by atoms with Crippen molar-refractivity contribution in [1.29, 1.82) is 0 Å². The maximum absolute atomic E-state index is 13.6. The first-order valence-corrected chi connectivity index (χ1v) is 9.25. The Morgan fingerprint density at radius 1 is 1.14 bits per heavy atom. The molecule has 11 heteroatoms. The second-order valence-electron chi connectivity index (χ2n) is 5.57. The van der Waals surface area contributed by atoms with Crippen LogP contribution >= 0.6 is 0 Å². The van der Waals surface area contributed by atoms with Gasteiger partial charge < -0.3 is 14.8 Å². The highest BCUT2D eigenvalue weighted by Crippen LogP contribution is 2.23. The van der Waals surface area contributed by atoms with E-state index in [0.29, 0.717) is 0 Å². The van der Waals surface area contributed by atoms with Crippen LogP contribution in [-0.2, 0) is 19.6 Å². The molecule has 0 bridgehead atoms. The lowest BCUT2D eigenvalue weighted by Gasteiger charge is -2.15. The second kappa shape index (κ2) is 8.31. The highest BCUT2D eigenvalue weighted by Gasteiger charge is 2.24. The predicted molar refractivity (Wildman–Crippen MR) is 94.2 cm³/mol. The first-order chi connectivity index (χ1) is 13.0. The molecule has 0 aliphatic carbocycles. The van der Waals surface area contributed by atoms with Gasteiger partial charge in [0.1, 0.15) is 22.9 Å². The molecule has 0 heterocycles. The Balaban J connectivity index is 2.19. The lowest BCUT2D eigenvalue weighted by atomic mass is 10.2. The zero-order chi connectivity index (χ0) is 21.1. The molecule has 3 N–H and O–H groups in total. The monoisotopic (exact) mass is 414 g/mol. The van der Waals surface area contributed by atoms with Gasteiger partial charge in [-0.1, -0.05) is 0 Å². The van der Waals surface area contributed by atoms with E-state index in [-0.39, 0.29) is 16.2 Å². The number of anilines is 1. The molecule has 0 saturated heterocycles. The van der Waals surface area contributed by atoms with Gasteiger partial charge in [-0.3, -0.25) is 4.79 Å². The van der Waals surface area contributed by atoms with Crippen LogP contribution in [0.4, 0.5) is 14.5 Å². The average Bonchev–Trinajstić information content (AvgIpc) is 2.63. The van der Waals surface area contributed by atoms with Gasteiger partial charge in [-0.15, -0.1) is 0 Å². The van der Waals surface area contributed by atoms with E-state index in [0.717, 1.165) is 30.3 Å². The number of methoxy groups -OCH3 is 1. The first kappa shape index (κ1) is 21.3. The van der Waals surface area contributed by atoms with Gasteiger partial charge in [0.05, 0.1) is 17.7 Å². The Labute approximate surface area is 159 Å². The number of nitrogens with two attached hydrogens (primary N) is 1. The molecule has 1 amide bonds. The summed E-state index contributed by atoms with van der Waals surface area (Å²) in [5.74, 6) is -3.67. The first-order valence-electron chi connectivity index (χ1n) is 7.70. The lowest BCUT2D eigenvalue weighted by molar-refractivity contribution is -0.123. The van der Waals surface area contributed by atoms with Crippen molar-refractivity contribution in [3.05, 3.63) is 53.6 Å². The van der Waals surface area contributed by atoms with Crippen molar-refractivity contribution in [2.75, 3.05) is 12.4 Å². The van der Waals surface area contributed by atoms with Gasteiger partial charge in [0.25, 0.3) is 5.91 Å². The number of carbonyl (C=O) groups is 2. The number of halogens is 2. The molecule has 1 atom stereocenters. The summed E-state index contributed by atoms with van der Waals surface area (Å²) in [7, 11) is -2.86. The number of nitrogens with one attached hydrogen (secondary N) is 1. The van der Waals surface area contributed by atoms with Crippen LogP contribution in [0.15, 0.2) is 41.3 Å². The minimum absolute atomic E-state index is 0.0128. The van der Waals surface area contributed by atoms with Gasteiger partial charge in [-0.05, 0) is 37.3 Å². The van der Waals surface area contributed by atoms with Crippen molar-refractivity contribution in [3.8, 4) is 5.75 Å². The van der Waals surface area contributed by atoms with Crippen LogP contribution in [0.25, 0.3) is 0 Å². The zero-order valence-corrected chi connectivity index (χ0v) is 15.5. The third-order valence-electron chi connectivity index (χ3n) is 3.56. The molecule has 2 aromatic rings. The Morgan fingerprint density at radius 3 is 2.43 bits per heavy atom. The maximum atomic E-state index is 13.6. The Kier molecular flexibility index (Phi) is 6.31. The van der Waals surface area contributed by atoms with Crippen LogP contribution in [0, 0.1) is 11.6 Å². The molecule has 150 valence electrons. The van der Waals surface area contributed by atoms with Gasteiger partial charge in [-0.2, -0.15) is 0 Å². The number of amides is 1. The molecule has 2 rings (SSSR count). The number of rotatable bonds is 6. The fourth-order valence-electron chi connectivity index (χ4n) is 2.13. The molecular weight excluding hydrogens is 398 g/mol. The average molecular weight is 414 g/mol. The number of carbonyl (C=O) groups excluding carboxylic acids is 2. The highest BCUT2D eigenvalue weighted by molar-refractivity contribution is 7.89. The Hall–Kier alpha value is -3.05. The Bertz CT molecular complexity index is 1030. The highest BCUT2D eigenvalue weighted by atomic mass is 32.2. The smallest absolute Gasteiger partial charge is 0.342 e. The number of esters is 1. The number of benzene rings is 2. The number of primary sulfonamides is 1. The molecule has 2 aromatic carbocycles. The van der Waals surface area contributed by atoms with Crippen molar-refractivity contribution in [1.82, 2.24) is 0 Å². The van der Waals surface area contributed by atoms with Gasteiger partial charge in [0, 0.05) is 6.07 Å². The summed E-state index contributed by atoms with van der Waals surface area (Å²) in [6, 6.07) is 5.73. The van der Waals surface area contributed by atoms with Crippen LogP contribution in [0.1, 0.15) is 17.3 Å². The Morgan fingerprint density at radius 2 is 1.82 bits per heavy atom. The van der Waals surface area contributed by atoms with Crippen LogP contribution in [0.2, 0.25) is 0 Å². The number of sulfonamides is 1. The molecule has 0 fully saturated rings.